The maximum absolute atomic E-state index is 5.97. The van der Waals surface area contributed by atoms with Crippen LogP contribution >= 0.6 is 0 Å². The zero-order chi connectivity index (χ0) is 13.1. The van der Waals surface area contributed by atoms with E-state index in [1.165, 1.54) is 0 Å². The van der Waals surface area contributed by atoms with Gasteiger partial charge in [0.15, 0.2) is 11.6 Å². The van der Waals surface area contributed by atoms with E-state index in [9.17, 15) is 0 Å². The molecule has 3 rings (SSSR count). The summed E-state index contributed by atoms with van der Waals surface area (Å²) in [5.41, 5.74) is 0. The third kappa shape index (κ3) is 1.86. The van der Waals surface area contributed by atoms with Gasteiger partial charge in [-0.2, -0.15) is 0 Å². The van der Waals surface area contributed by atoms with Crippen LogP contribution in [0, 0.1) is 18.3 Å². The van der Waals surface area contributed by atoms with E-state index in [2.05, 4.69) is 5.92 Å². The third-order valence-corrected chi connectivity index (χ3v) is 3.81. The molecule has 4 nitrogen and oxygen atoms in total. The first-order chi connectivity index (χ1) is 8.31. The highest BCUT2D eigenvalue weighted by Gasteiger charge is 2.59. The molecule has 5 atom stereocenters. The van der Waals surface area contributed by atoms with Crippen molar-refractivity contribution in [1.29, 1.82) is 0 Å². The van der Waals surface area contributed by atoms with Gasteiger partial charge in [-0.25, -0.2) is 0 Å². The molecule has 0 aromatic carbocycles. The van der Waals surface area contributed by atoms with Crippen LogP contribution in [0.4, 0.5) is 0 Å². The maximum Gasteiger partial charge on any atom is 0.163 e. The van der Waals surface area contributed by atoms with Crippen LogP contribution in [0.15, 0.2) is 0 Å². The molecule has 2 heterocycles. The molecule has 5 unspecified atom stereocenters. The van der Waals surface area contributed by atoms with E-state index < -0.39 is 11.6 Å². The van der Waals surface area contributed by atoms with E-state index in [0.29, 0.717) is 0 Å². The number of hydrogen-bond donors (Lipinski definition) is 0. The molecule has 0 bridgehead atoms. The highest BCUT2D eigenvalue weighted by molar-refractivity contribution is 5.11. The van der Waals surface area contributed by atoms with E-state index >= 15 is 0 Å². The Balaban J connectivity index is 1.89. The lowest BCUT2D eigenvalue weighted by atomic mass is 9.81. The van der Waals surface area contributed by atoms with Crippen molar-refractivity contribution in [2.45, 2.75) is 70.1 Å². The van der Waals surface area contributed by atoms with Crippen molar-refractivity contribution in [3.05, 3.63) is 0 Å². The molecule has 18 heavy (non-hydrogen) atoms. The van der Waals surface area contributed by atoms with Crippen molar-refractivity contribution in [3.63, 3.8) is 0 Å². The van der Waals surface area contributed by atoms with Crippen LogP contribution in [0.1, 0.15) is 34.1 Å². The van der Waals surface area contributed by atoms with Gasteiger partial charge in [0.25, 0.3) is 0 Å². The molecular weight excluding hydrogens is 232 g/mol. The quantitative estimate of drug-likeness (QED) is 0.615. The van der Waals surface area contributed by atoms with Crippen molar-refractivity contribution in [1.82, 2.24) is 0 Å². The second-order valence-corrected chi connectivity index (χ2v) is 6.21. The topological polar surface area (TPSA) is 36.9 Å². The normalized spacial score (nSPS) is 48.3. The van der Waals surface area contributed by atoms with Gasteiger partial charge in [0, 0.05) is 0 Å². The molecule has 2 saturated heterocycles. The van der Waals surface area contributed by atoms with Gasteiger partial charge >= 0.3 is 0 Å². The van der Waals surface area contributed by atoms with Crippen molar-refractivity contribution < 1.29 is 18.9 Å². The number of terminal acetylenes is 1. The van der Waals surface area contributed by atoms with Crippen LogP contribution in [-0.4, -0.2) is 36.0 Å². The van der Waals surface area contributed by atoms with Crippen LogP contribution < -0.4 is 0 Å². The lowest BCUT2D eigenvalue weighted by Crippen LogP contribution is -2.50. The van der Waals surface area contributed by atoms with Crippen molar-refractivity contribution in [3.8, 4) is 12.3 Å². The third-order valence-electron chi connectivity index (χ3n) is 3.81. The molecule has 4 heteroatoms. The second-order valence-electron chi connectivity index (χ2n) is 6.21. The van der Waals surface area contributed by atoms with Crippen molar-refractivity contribution in [2.75, 3.05) is 0 Å². The Labute approximate surface area is 108 Å². The fourth-order valence-electron chi connectivity index (χ4n) is 3.25. The molecule has 0 aromatic heterocycles. The van der Waals surface area contributed by atoms with Gasteiger partial charge in [0.1, 0.15) is 18.3 Å². The molecule has 0 spiro atoms. The molecule has 1 saturated carbocycles. The number of rotatable bonds is 0. The monoisotopic (exact) mass is 252 g/mol. The predicted octanol–water partition coefficient (Wildman–Crippen LogP) is 1.68. The van der Waals surface area contributed by atoms with Crippen LogP contribution in [0.2, 0.25) is 0 Å². The minimum atomic E-state index is -0.602. The molecule has 3 fully saturated rings. The van der Waals surface area contributed by atoms with E-state index in [0.717, 1.165) is 6.42 Å². The highest BCUT2D eigenvalue weighted by atomic mass is 16.8. The zero-order valence-corrected chi connectivity index (χ0v) is 11.3. The van der Waals surface area contributed by atoms with Crippen molar-refractivity contribution >= 4 is 0 Å². The molecule has 0 radical (unpaired) electrons. The zero-order valence-electron chi connectivity index (χ0n) is 11.3. The van der Waals surface area contributed by atoms with Gasteiger partial charge in [-0.15, -0.1) is 12.3 Å². The fourth-order valence-corrected chi connectivity index (χ4v) is 3.25. The summed E-state index contributed by atoms with van der Waals surface area (Å²) < 4.78 is 23.8. The molecule has 100 valence electrons. The SMILES string of the molecule is C#CC1CC2OC(C)(C)OC2C2OC(C)(C)OC12. The number of hydrogen-bond acceptors (Lipinski definition) is 4. The summed E-state index contributed by atoms with van der Waals surface area (Å²) in [6, 6.07) is 0. The Hall–Kier alpha value is -0.600. The molecule has 0 amide bonds. The second kappa shape index (κ2) is 3.71. The summed E-state index contributed by atoms with van der Waals surface area (Å²) in [6.07, 6.45) is 6.07. The lowest BCUT2D eigenvalue weighted by Gasteiger charge is -2.34. The van der Waals surface area contributed by atoms with Crippen LogP contribution in [0.25, 0.3) is 0 Å². The first kappa shape index (κ1) is 12.4. The summed E-state index contributed by atoms with van der Waals surface area (Å²) in [4.78, 5) is 0. The van der Waals surface area contributed by atoms with Crippen molar-refractivity contribution in [2.24, 2.45) is 5.92 Å². The number of fused-ring (bicyclic) bond motifs is 3. The summed E-state index contributed by atoms with van der Waals surface area (Å²) in [7, 11) is 0. The van der Waals surface area contributed by atoms with E-state index in [-0.39, 0.29) is 30.3 Å². The van der Waals surface area contributed by atoms with Gasteiger partial charge in [-0.3, -0.25) is 0 Å². The Morgan fingerprint density at radius 2 is 1.44 bits per heavy atom. The van der Waals surface area contributed by atoms with Gasteiger partial charge in [0.05, 0.1) is 12.0 Å². The molecule has 0 aromatic rings. The summed E-state index contributed by atoms with van der Waals surface area (Å²) in [6.45, 7) is 7.67. The maximum atomic E-state index is 5.97. The van der Waals surface area contributed by atoms with Gasteiger partial charge < -0.3 is 18.9 Å². The largest absolute Gasteiger partial charge is 0.344 e. The summed E-state index contributed by atoms with van der Waals surface area (Å²) in [5, 5.41) is 0. The van der Waals surface area contributed by atoms with E-state index in [1.807, 2.05) is 27.7 Å². The lowest BCUT2D eigenvalue weighted by molar-refractivity contribution is -0.176. The Morgan fingerprint density at radius 1 is 0.889 bits per heavy atom. The van der Waals surface area contributed by atoms with E-state index in [4.69, 9.17) is 25.4 Å². The minimum absolute atomic E-state index is 0.000185. The Bertz CT molecular complexity index is 395. The summed E-state index contributed by atoms with van der Waals surface area (Å²) in [5.74, 6) is 1.66. The fraction of sp³-hybridized carbons (Fsp3) is 0.857. The Kier molecular flexibility index (Phi) is 2.56. The Morgan fingerprint density at radius 3 is 2.11 bits per heavy atom. The number of ether oxygens (including phenoxy) is 4. The highest BCUT2D eigenvalue weighted by Crippen LogP contribution is 2.46. The van der Waals surface area contributed by atoms with Gasteiger partial charge in [-0.1, -0.05) is 0 Å². The first-order valence-corrected chi connectivity index (χ1v) is 6.49. The standard InChI is InChI=1S/C14H20O4/c1-6-8-7-9-11(17-13(2,3)15-9)12-10(8)16-14(4,5)18-12/h1,8-12H,7H2,2-5H3. The van der Waals surface area contributed by atoms with Crippen LogP contribution in [0.5, 0.6) is 0 Å². The van der Waals surface area contributed by atoms with Gasteiger partial charge in [0.2, 0.25) is 0 Å². The first-order valence-electron chi connectivity index (χ1n) is 6.49. The van der Waals surface area contributed by atoms with Crippen LogP contribution in [-0.2, 0) is 18.9 Å². The molecular formula is C14H20O4. The molecule has 0 N–H and O–H groups in total. The smallest absolute Gasteiger partial charge is 0.163 e. The van der Waals surface area contributed by atoms with Crippen LogP contribution in [0.3, 0.4) is 0 Å². The minimum Gasteiger partial charge on any atom is -0.344 e. The molecule has 1 aliphatic carbocycles. The molecule has 3 aliphatic rings. The molecule has 2 aliphatic heterocycles. The predicted molar refractivity (Wildman–Crippen MR) is 64.6 cm³/mol. The summed E-state index contributed by atoms with van der Waals surface area (Å²) >= 11 is 0. The average molecular weight is 252 g/mol. The van der Waals surface area contributed by atoms with Gasteiger partial charge in [-0.05, 0) is 34.1 Å². The average Bonchev–Trinajstić information content (AvgIpc) is 2.71. The van der Waals surface area contributed by atoms with E-state index in [1.54, 1.807) is 0 Å².